The number of hydrogen-bond donors (Lipinski definition) is 1. The van der Waals surface area contributed by atoms with E-state index in [1.807, 2.05) is 0 Å². The van der Waals surface area contributed by atoms with Gasteiger partial charge >= 0.3 is 12.1 Å². The second-order valence-electron chi connectivity index (χ2n) is 11.6. The third-order valence-corrected chi connectivity index (χ3v) is 7.97. The van der Waals surface area contributed by atoms with Crippen LogP contribution >= 0.6 is 0 Å². The Bertz CT molecular complexity index is 1600. The van der Waals surface area contributed by atoms with E-state index in [-0.39, 0.29) is 24.5 Å². The van der Waals surface area contributed by atoms with Crippen molar-refractivity contribution >= 4 is 29.7 Å². The molecule has 0 aliphatic heterocycles. The number of aromatic nitrogens is 2. The lowest BCUT2D eigenvalue weighted by molar-refractivity contribution is -0.139. The first-order valence-electron chi connectivity index (χ1n) is 15.1. The molecule has 1 aliphatic rings. The topological polar surface area (TPSA) is 111 Å². The highest BCUT2D eigenvalue weighted by molar-refractivity contribution is 6.03. The lowest BCUT2D eigenvalue weighted by Crippen LogP contribution is -2.49. The summed E-state index contributed by atoms with van der Waals surface area (Å²) in [7, 11) is 2.80. The molecular weight excluding hydrogens is 622 g/mol. The van der Waals surface area contributed by atoms with Gasteiger partial charge in [0.25, 0.3) is 0 Å². The summed E-state index contributed by atoms with van der Waals surface area (Å²) in [4.78, 5) is 35.7. The quantitative estimate of drug-likeness (QED) is 0.200. The third-order valence-electron chi connectivity index (χ3n) is 7.97. The number of carboxylic acid groups (broad SMARTS) is 1. The van der Waals surface area contributed by atoms with Crippen LogP contribution in [0.4, 0.5) is 23.2 Å². The van der Waals surface area contributed by atoms with Crippen molar-refractivity contribution in [3.8, 4) is 11.6 Å². The maximum absolute atomic E-state index is 15.7. The number of carbonyl (C=O) groups is 2. The number of methoxy groups -OCH3 is 2. The number of anilines is 1. The molecule has 0 unspecified atom stereocenters. The van der Waals surface area contributed by atoms with Crippen molar-refractivity contribution in [3.05, 3.63) is 76.5 Å². The predicted molar refractivity (Wildman–Crippen MR) is 167 cm³/mol. The fourth-order valence-corrected chi connectivity index (χ4v) is 5.56. The third kappa shape index (κ3) is 8.92. The van der Waals surface area contributed by atoms with Crippen LogP contribution < -0.4 is 9.64 Å². The standard InChI is InChI=1S/C34H37F4N3O6/c1-20-8-11-23(12-9-20)32(42)41(25(18-45-3)19-46-4)29-16-28(35)30(15-26(29)33(43)44)47-31-27(34(36,37)38)14-22(17-39-31)10-13-24-7-5-6-21(2)40-24/h5-7,10,13-17,20,23,25H,8-9,11-12,18-19H2,1-4H3,(H,43,44)/b13-10+. The van der Waals surface area contributed by atoms with Crippen molar-refractivity contribution in [2.45, 2.75) is 51.7 Å². The van der Waals surface area contributed by atoms with Crippen molar-refractivity contribution in [2.75, 3.05) is 32.3 Å². The van der Waals surface area contributed by atoms with Crippen molar-refractivity contribution in [2.24, 2.45) is 11.8 Å². The Morgan fingerprint density at radius 1 is 1.06 bits per heavy atom. The number of nitrogens with zero attached hydrogens (tertiary/aromatic N) is 3. The molecule has 1 aromatic carbocycles. The molecule has 1 saturated carbocycles. The van der Waals surface area contributed by atoms with Gasteiger partial charge in [-0.05, 0) is 68.4 Å². The number of carboxylic acids is 1. The van der Waals surface area contributed by atoms with Gasteiger partial charge in [-0.15, -0.1) is 0 Å². The van der Waals surface area contributed by atoms with E-state index in [1.165, 1.54) is 31.3 Å². The number of ether oxygens (including phenoxy) is 3. The summed E-state index contributed by atoms with van der Waals surface area (Å²) in [6, 6.07) is 6.71. The van der Waals surface area contributed by atoms with Gasteiger partial charge < -0.3 is 24.2 Å². The van der Waals surface area contributed by atoms with E-state index in [1.54, 1.807) is 25.1 Å². The van der Waals surface area contributed by atoms with Crippen LogP contribution in [0, 0.1) is 24.6 Å². The number of aromatic carboxylic acids is 1. The van der Waals surface area contributed by atoms with Gasteiger partial charge in [-0.25, -0.2) is 14.2 Å². The van der Waals surface area contributed by atoms with Crippen LogP contribution in [0.15, 0.2) is 42.6 Å². The summed E-state index contributed by atoms with van der Waals surface area (Å²) >= 11 is 0. The van der Waals surface area contributed by atoms with E-state index >= 15 is 4.39 Å². The monoisotopic (exact) mass is 659 g/mol. The number of halogens is 4. The number of rotatable bonds is 12. The summed E-state index contributed by atoms with van der Waals surface area (Å²) in [6.45, 7) is 3.75. The molecule has 1 amide bonds. The molecule has 252 valence electrons. The number of benzene rings is 1. The summed E-state index contributed by atoms with van der Waals surface area (Å²) in [5.41, 5.74) is -0.840. The minimum Gasteiger partial charge on any atom is -0.478 e. The highest BCUT2D eigenvalue weighted by Crippen LogP contribution is 2.40. The molecule has 2 aromatic heterocycles. The van der Waals surface area contributed by atoms with Gasteiger partial charge in [-0.3, -0.25) is 9.78 Å². The van der Waals surface area contributed by atoms with Crippen LogP contribution in [0.3, 0.4) is 0 Å². The van der Waals surface area contributed by atoms with Crippen molar-refractivity contribution < 1.29 is 46.5 Å². The highest BCUT2D eigenvalue weighted by atomic mass is 19.4. The molecule has 3 aromatic rings. The van der Waals surface area contributed by atoms with Crippen molar-refractivity contribution in [3.63, 3.8) is 0 Å². The van der Waals surface area contributed by atoms with Crippen LogP contribution in [-0.4, -0.2) is 60.4 Å². The van der Waals surface area contributed by atoms with Crippen molar-refractivity contribution in [1.82, 2.24) is 9.97 Å². The largest absolute Gasteiger partial charge is 0.478 e. The SMILES string of the molecule is COCC(COC)N(C(=O)C1CCC(C)CC1)c1cc(F)c(Oc2ncc(/C=C/c3cccc(C)n3)cc2C(F)(F)F)cc1C(=O)O. The van der Waals surface area contributed by atoms with E-state index in [2.05, 4.69) is 16.9 Å². The van der Waals surface area contributed by atoms with E-state index in [9.17, 15) is 27.9 Å². The van der Waals surface area contributed by atoms with E-state index in [0.29, 0.717) is 24.5 Å². The normalized spacial score (nSPS) is 16.9. The van der Waals surface area contributed by atoms with Crippen LogP contribution in [-0.2, 0) is 20.4 Å². The van der Waals surface area contributed by atoms with E-state index in [4.69, 9.17) is 14.2 Å². The lowest BCUT2D eigenvalue weighted by atomic mass is 9.82. The summed E-state index contributed by atoms with van der Waals surface area (Å²) in [5.74, 6) is -4.98. The van der Waals surface area contributed by atoms with Gasteiger partial charge in [0.2, 0.25) is 11.8 Å². The van der Waals surface area contributed by atoms with E-state index in [0.717, 1.165) is 42.9 Å². The summed E-state index contributed by atoms with van der Waals surface area (Å²) < 4.78 is 74.0. The average Bonchev–Trinajstić information content (AvgIpc) is 3.01. The van der Waals surface area contributed by atoms with Crippen LogP contribution in [0.25, 0.3) is 12.2 Å². The first kappa shape index (κ1) is 35.5. The second-order valence-corrected chi connectivity index (χ2v) is 11.6. The maximum Gasteiger partial charge on any atom is 0.421 e. The molecular formula is C34H37F4N3O6. The Balaban J connectivity index is 1.74. The van der Waals surface area contributed by atoms with E-state index < -0.39 is 58.6 Å². The lowest BCUT2D eigenvalue weighted by Gasteiger charge is -2.36. The number of carbonyl (C=O) groups excluding carboxylic acids is 1. The zero-order valence-electron chi connectivity index (χ0n) is 26.5. The average molecular weight is 660 g/mol. The molecule has 13 heteroatoms. The molecule has 4 rings (SSSR count). The molecule has 47 heavy (non-hydrogen) atoms. The molecule has 1 fully saturated rings. The molecule has 0 bridgehead atoms. The smallest absolute Gasteiger partial charge is 0.421 e. The summed E-state index contributed by atoms with van der Waals surface area (Å²) in [6.07, 6.45) is 1.78. The first-order valence-corrected chi connectivity index (χ1v) is 15.1. The van der Waals surface area contributed by atoms with Crippen LogP contribution in [0.5, 0.6) is 11.6 Å². The summed E-state index contributed by atoms with van der Waals surface area (Å²) in [5, 5.41) is 10.2. The van der Waals surface area contributed by atoms with Gasteiger partial charge in [0.05, 0.1) is 36.2 Å². The Morgan fingerprint density at radius 2 is 1.74 bits per heavy atom. The number of aryl methyl sites for hydroxylation is 1. The second kappa shape index (κ2) is 15.5. The Labute approximate surface area is 270 Å². The van der Waals surface area contributed by atoms with Gasteiger partial charge in [-0.2, -0.15) is 13.2 Å². The molecule has 0 atom stereocenters. The van der Waals surface area contributed by atoms with Gasteiger partial charge in [0, 0.05) is 44.2 Å². The van der Waals surface area contributed by atoms with Crippen LogP contribution in [0.2, 0.25) is 0 Å². The number of amides is 1. The zero-order chi connectivity index (χ0) is 34.3. The minimum absolute atomic E-state index is 0.0543. The molecule has 9 nitrogen and oxygen atoms in total. The fraction of sp³-hybridized carbons (Fsp3) is 0.412. The van der Waals surface area contributed by atoms with Crippen LogP contribution in [0.1, 0.15) is 65.5 Å². The van der Waals surface area contributed by atoms with Gasteiger partial charge in [0.1, 0.15) is 5.56 Å². The molecule has 0 radical (unpaired) electrons. The molecule has 0 spiro atoms. The highest BCUT2D eigenvalue weighted by Gasteiger charge is 2.38. The number of hydrogen-bond acceptors (Lipinski definition) is 7. The Kier molecular flexibility index (Phi) is 11.7. The first-order chi connectivity index (χ1) is 22.3. The molecule has 1 aliphatic carbocycles. The Morgan fingerprint density at radius 3 is 2.34 bits per heavy atom. The molecule has 2 heterocycles. The zero-order valence-corrected chi connectivity index (χ0v) is 26.5. The molecule has 1 N–H and O–H groups in total. The number of alkyl halides is 3. The molecule has 0 saturated heterocycles. The minimum atomic E-state index is -4.95. The maximum atomic E-state index is 15.7. The number of pyridine rings is 2. The predicted octanol–water partition coefficient (Wildman–Crippen LogP) is 7.42. The Hall–Kier alpha value is -4.36. The van der Waals surface area contributed by atoms with Gasteiger partial charge in [-0.1, -0.05) is 19.1 Å². The van der Waals surface area contributed by atoms with Crippen molar-refractivity contribution in [1.29, 1.82) is 0 Å². The van der Waals surface area contributed by atoms with Gasteiger partial charge in [0.15, 0.2) is 11.6 Å². The fourth-order valence-electron chi connectivity index (χ4n) is 5.56.